The van der Waals surface area contributed by atoms with Crippen molar-refractivity contribution in [3.8, 4) is 0 Å². The largest absolute Gasteiger partial charge is 0.478 e. The van der Waals surface area contributed by atoms with Crippen molar-refractivity contribution in [1.82, 2.24) is 5.32 Å². The summed E-state index contributed by atoms with van der Waals surface area (Å²) in [6.07, 6.45) is 4.92. The molecular formula is C17H21NO4. The lowest BCUT2D eigenvalue weighted by Gasteiger charge is -2.60. The Morgan fingerprint density at radius 1 is 1.32 bits per heavy atom. The Hall–Kier alpha value is -1.88. The zero-order valence-electron chi connectivity index (χ0n) is 12.7. The van der Waals surface area contributed by atoms with Crippen LogP contribution in [0.1, 0.15) is 41.6 Å². The standard InChI is InChI=1S/C17H21NO4/c1-22-14-10-13(17(14)7-2-8-17)18-15(19)9-11-3-5-12(6-4-11)16(20)21/h3-6,13-14H,2,7-10H2,1H3,(H,18,19)(H,20,21). The van der Waals surface area contributed by atoms with E-state index in [9.17, 15) is 9.59 Å². The summed E-state index contributed by atoms with van der Waals surface area (Å²) in [5.41, 5.74) is 1.23. The van der Waals surface area contributed by atoms with E-state index in [2.05, 4.69) is 5.32 Å². The smallest absolute Gasteiger partial charge is 0.335 e. The van der Waals surface area contributed by atoms with Crippen LogP contribution in [0.2, 0.25) is 0 Å². The van der Waals surface area contributed by atoms with Crippen LogP contribution in [0, 0.1) is 5.41 Å². The number of ether oxygens (including phenoxy) is 1. The summed E-state index contributed by atoms with van der Waals surface area (Å²) < 4.78 is 5.50. The van der Waals surface area contributed by atoms with Gasteiger partial charge in [-0.2, -0.15) is 0 Å². The van der Waals surface area contributed by atoms with E-state index in [1.165, 1.54) is 18.6 Å². The molecular weight excluding hydrogens is 282 g/mol. The van der Waals surface area contributed by atoms with Crippen LogP contribution in [0.4, 0.5) is 0 Å². The molecule has 0 aromatic heterocycles. The van der Waals surface area contributed by atoms with Gasteiger partial charge in [-0.1, -0.05) is 18.6 Å². The third kappa shape index (κ3) is 2.50. The quantitative estimate of drug-likeness (QED) is 0.872. The number of hydrogen-bond acceptors (Lipinski definition) is 3. The van der Waals surface area contributed by atoms with Gasteiger partial charge in [-0.3, -0.25) is 4.79 Å². The third-order valence-electron chi connectivity index (χ3n) is 5.25. The lowest BCUT2D eigenvalue weighted by atomic mass is 9.51. The van der Waals surface area contributed by atoms with Crippen molar-refractivity contribution in [2.45, 2.75) is 44.2 Å². The van der Waals surface area contributed by atoms with E-state index in [0.29, 0.717) is 0 Å². The van der Waals surface area contributed by atoms with Crippen molar-refractivity contribution in [1.29, 1.82) is 0 Å². The second-order valence-corrected chi connectivity index (χ2v) is 6.35. The van der Waals surface area contributed by atoms with Crippen molar-refractivity contribution in [3.05, 3.63) is 35.4 Å². The first kappa shape index (κ1) is 15.0. The Morgan fingerprint density at radius 2 is 2.00 bits per heavy atom. The molecule has 1 aromatic carbocycles. The second kappa shape index (κ2) is 5.72. The van der Waals surface area contributed by atoms with Gasteiger partial charge in [0.15, 0.2) is 0 Å². The van der Waals surface area contributed by atoms with Crippen LogP contribution in [0.5, 0.6) is 0 Å². The Kier molecular flexibility index (Phi) is 3.91. The average Bonchev–Trinajstić information content (AvgIpc) is 2.41. The van der Waals surface area contributed by atoms with E-state index in [-0.39, 0.29) is 35.5 Å². The number of rotatable bonds is 5. The van der Waals surface area contributed by atoms with Crippen LogP contribution in [-0.2, 0) is 16.0 Å². The molecule has 2 atom stereocenters. The second-order valence-electron chi connectivity index (χ2n) is 6.35. The summed E-state index contributed by atoms with van der Waals surface area (Å²) in [6, 6.07) is 6.67. The molecule has 3 rings (SSSR count). The first-order chi connectivity index (χ1) is 10.5. The highest BCUT2D eigenvalue weighted by molar-refractivity contribution is 5.87. The Labute approximate surface area is 129 Å². The van der Waals surface area contributed by atoms with Gasteiger partial charge in [-0.15, -0.1) is 0 Å². The van der Waals surface area contributed by atoms with Crippen molar-refractivity contribution in [3.63, 3.8) is 0 Å². The van der Waals surface area contributed by atoms with Crippen LogP contribution in [-0.4, -0.2) is 36.2 Å². The van der Waals surface area contributed by atoms with E-state index >= 15 is 0 Å². The Bertz CT molecular complexity index is 577. The molecule has 118 valence electrons. The molecule has 2 unspecified atom stereocenters. The SMILES string of the molecule is COC1CC(NC(=O)Cc2ccc(C(=O)O)cc2)C12CCC2. The molecule has 0 aliphatic heterocycles. The minimum absolute atomic E-state index is 0.00565. The van der Waals surface area contributed by atoms with Crippen LogP contribution >= 0.6 is 0 Å². The Morgan fingerprint density at radius 3 is 2.50 bits per heavy atom. The zero-order chi connectivity index (χ0) is 15.7. The Balaban J connectivity index is 1.56. The molecule has 0 saturated heterocycles. The van der Waals surface area contributed by atoms with Crippen LogP contribution < -0.4 is 5.32 Å². The summed E-state index contributed by atoms with van der Waals surface area (Å²) in [4.78, 5) is 23.0. The van der Waals surface area contributed by atoms with Crippen molar-refractivity contribution >= 4 is 11.9 Å². The molecule has 0 bridgehead atoms. The van der Waals surface area contributed by atoms with Gasteiger partial charge in [-0.05, 0) is 37.0 Å². The maximum absolute atomic E-state index is 12.2. The number of carboxylic acids is 1. The predicted octanol–water partition coefficient (Wildman–Crippen LogP) is 2.00. The number of carbonyl (C=O) groups excluding carboxylic acids is 1. The predicted molar refractivity (Wildman–Crippen MR) is 80.7 cm³/mol. The molecule has 2 N–H and O–H groups in total. The lowest BCUT2D eigenvalue weighted by Crippen LogP contribution is -2.67. The topological polar surface area (TPSA) is 75.6 Å². The van der Waals surface area contributed by atoms with Gasteiger partial charge in [0.1, 0.15) is 0 Å². The molecule has 0 radical (unpaired) electrons. The summed E-state index contributed by atoms with van der Waals surface area (Å²) in [7, 11) is 1.74. The van der Waals surface area contributed by atoms with Gasteiger partial charge in [0.25, 0.3) is 0 Å². The maximum Gasteiger partial charge on any atom is 0.335 e. The van der Waals surface area contributed by atoms with Gasteiger partial charge in [0, 0.05) is 18.6 Å². The molecule has 2 aliphatic carbocycles. The van der Waals surface area contributed by atoms with Gasteiger partial charge >= 0.3 is 5.97 Å². The van der Waals surface area contributed by atoms with Gasteiger partial charge in [-0.25, -0.2) is 4.79 Å². The summed E-state index contributed by atoms with van der Waals surface area (Å²) in [6.45, 7) is 0. The molecule has 2 aliphatic rings. The molecule has 1 spiro atoms. The first-order valence-corrected chi connectivity index (χ1v) is 7.69. The normalized spacial score (nSPS) is 25.1. The van der Waals surface area contributed by atoms with Gasteiger partial charge in [0.05, 0.1) is 18.1 Å². The highest BCUT2D eigenvalue weighted by Gasteiger charge is 2.59. The van der Waals surface area contributed by atoms with Gasteiger partial charge < -0.3 is 15.2 Å². The van der Waals surface area contributed by atoms with E-state index in [0.717, 1.165) is 24.8 Å². The number of aromatic carboxylic acids is 1. The average molecular weight is 303 g/mol. The fourth-order valence-electron chi connectivity index (χ4n) is 3.73. The molecule has 2 saturated carbocycles. The van der Waals surface area contributed by atoms with Crippen molar-refractivity contribution in [2.75, 3.05) is 7.11 Å². The summed E-state index contributed by atoms with van der Waals surface area (Å²) in [5, 5.41) is 12.0. The number of carboxylic acid groups (broad SMARTS) is 1. The number of carbonyl (C=O) groups is 2. The van der Waals surface area contributed by atoms with E-state index < -0.39 is 5.97 Å². The summed E-state index contributed by atoms with van der Waals surface area (Å²) >= 11 is 0. The molecule has 22 heavy (non-hydrogen) atoms. The molecule has 1 aromatic rings. The summed E-state index contributed by atoms with van der Waals surface area (Å²) in [5.74, 6) is -0.961. The highest BCUT2D eigenvalue weighted by atomic mass is 16.5. The van der Waals surface area contributed by atoms with Crippen LogP contribution in [0.15, 0.2) is 24.3 Å². The molecule has 0 heterocycles. The minimum Gasteiger partial charge on any atom is -0.478 e. The number of nitrogens with one attached hydrogen (secondary N) is 1. The van der Waals surface area contributed by atoms with E-state index in [1.807, 2.05) is 0 Å². The minimum atomic E-state index is -0.956. The number of amides is 1. The molecule has 2 fully saturated rings. The first-order valence-electron chi connectivity index (χ1n) is 7.69. The fourth-order valence-corrected chi connectivity index (χ4v) is 3.73. The lowest BCUT2D eigenvalue weighted by molar-refractivity contribution is -0.166. The number of hydrogen-bond donors (Lipinski definition) is 2. The van der Waals surface area contributed by atoms with E-state index in [1.54, 1.807) is 19.2 Å². The van der Waals surface area contributed by atoms with E-state index in [4.69, 9.17) is 9.84 Å². The molecule has 5 heteroatoms. The fraction of sp³-hybridized carbons (Fsp3) is 0.529. The van der Waals surface area contributed by atoms with Crippen LogP contribution in [0.3, 0.4) is 0 Å². The zero-order valence-corrected chi connectivity index (χ0v) is 12.7. The van der Waals surface area contributed by atoms with Crippen LogP contribution in [0.25, 0.3) is 0 Å². The van der Waals surface area contributed by atoms with Gasteiger partial charge in [0.2, 0.25) is 5.91 Å². The number of methoxy groups -OCH3 is 1. The van der Waals surface area contributed by atoms with Crippen molar-refractivity contribution in [2.24, 2.45) is 5.41 Å². The third-order valence-corrected chi connectivity index (χ3v) is 5.25. The highest BCUT2D eigenvalue weighted by Crippen LogP contribution is 2.57. The molecule has 5 nitrogen and oxygen atoms in total. The maximum atomic E-state index is 12.2. The monoisotopic (exact) mass is 303 g/mol. The molecule has 1 amide bonds. The van der Waals surface area contributed by atoms with Crippen molar-refractivity contribution < 1.29 is 19.4 Å². The number of benzene rings is 1.